The van der Waals surface area contributed by atoms with Crippen LogP contribution in [0.25, 0.3) is 0 Å². The molecule has 28 heavy (non-hydrogen) atoms. The molecular formula is C19H26ClN5O3. The molecule has 0 bridgehead atoms. The Bertz CT molecular complexity index is 740. The highest BCUT2D eigenvalue weighted by atomic mass is 35.5. The number of fused-ring (bicyclic) bond motifs is 1. The fraction of sp³-hybridized carbons (Fsp3) is 0.632. The minimum atomic E-state index is -0.534. The number of hydrazine groups is 1. The Labute approximate surface area is 169 Å². The molecule has 9 heteroatoms. The van der Waals surface area contributed by atoms with E-state index in [1.165, 1.54) is 5.56 Å². The van der Waals surface area contributed by atoms with Crippen LogP contribution in [0.2, 0.25) is 5.02 Å². The van der Waals surface area contributed by atoms with Gasteiger partial charge in [0.05, 0.1) is 0 Å². The van der Waals surface area contributed by atoms with Gasteiger partial charge >= 0.3 is 0 Å². The monoisotopic (exact) mass is 407 g/mol. The molecule has 3 fully saturated rings. The minimum Gasteiger partial charge on any atom is -0.339 e. The summed E-state index contributed by atoms with van der Waals surface area (Å²) in [5, 5.41) is 11.9. The molecule has 1 aromatic carbocycles. The lowest BCUT2D eigenvalue weighted by molar-refractivity contribution is -0.528. The van der Waals surface area contributed by atoms with E-state index in [0.717, 1.165) is 31.1 Å². The molecule has 152 valence electrons. The topological polar surface area (TPSA) is 90.7 Å². The molecule has 2 heterocycles. The number of rotatable bonds is 4. The lowest BCUT2D eigenvalue weighted by Gasteiger charge is -2.37. The average molecular weight is 408 g/mol. The summed E-state index contributed by atoms with van der Waals surface area (Å²) in [5.74, 6) is 0.0487. The maximum Gasteiger partial charge on any atom is 0.241 e. The van der Waals surface area contributed by atoms with Crippen LogP contribution in [0.3, 0.4) is 0 Å². The van der Waals surface area contributed by atoms with Gasteiger partial charge in [-0.3, -0.25) is 25.2 Å². The maximum absolute atomic E-state index is 13.1. The molecule has 4 rings (SSSR count). The van der Waals surface area contributed by atoms with Gasteiger partial charge in [-0.1, -0.05) is 23.7 Å². The van der Waals surface area contributed by atoms with Crippen LogP contribution in [-0.2, 0) is 11.3 Å². The highest BCUT2D eigenvalue weighted by molar-refractivity contribution is 6.30. The lowest BCUT2D eigenvalue weighted by atomic mass is 9.79. The molecule has 1 aliphatic carbocycles. The summed E-state index contributed by atoms with van der Waals surface area (Å²) in [7, 11) is 0. The number of carbonyl (C=O) groups is 1. The zero-order valence-electron chi connectivity index (χ0n) is 15.7. The quantitative estimate of drug-likeness (QED) is 0.577. The third kappa shape index (κ3) is 4.15. The molecular weight excluding hydrogens is 382 g/mol. The molecule has 3 aliphatic rings. The van der Waals surface area contributed by atoms with E-state index >= 15 is 0 Å². The normalized spacial score (nSPS) is 30.8. The van der Waals surface area contributed by atoms with Crippen LogP contribution in [-0.4, -0.2) is 64.9 Å². The predicted octanol–water partition coefficient (Wildman–Crippen LogP) is 1.27. The first kappa shape index (κ1) is 19.6. The smallest absolute Gasteiger partial charge is 0.241 e. The molecule has 1 saturated carbocycles. The van der Waals surface area contributed by atoms with Crippen LogP contribution in [0.15, 0.2) is 24.3 Å². The van der Waals surface area contributed by atoms with Crippen molar-refractivity contribution in [1.82, 2.24) is 20.7 Å². The van der Waals surface area contributed by atoms with Crippen molar-refractivity contribution < 1.29 is 9.72 Å². The van der Waals surface area contributed by atoms with Crippen molar-refractivity contribution in [3.05, 3.63) is 45.0 Å². The van der Waals surface area contributed by atoms with E-state index in [9.17, 15) is 14.9 Å². The third-order valence-corrected chi connectivity index (χ3v) is 6.50. The fourth-order valence-corrected chi connectivity index (χ4v) is 4.90. The molecule has 4 atom stereocenters. The Morgan fingerprint density at radius 3 is 2.71 bits per heavy atom. The van der Waals surface area contributed by atoms with E-state index in [1.807, 2.05) is 23.1 Å². The zero-order valence-corrected chi connectivity index (χ0v) is 16.5. The summed E-state index contributed by atoms with van der Waals surface area (Å²) in [6.07, 6.45) is 1.77. The van der Waals surface area contributed by atoms with Crippen LogP contribution in [0.4, 0.5) is 0 Å². The van der Waals surface area contributed by atoms with E-state index in [4.69, 9.17) is 11.6 Å². The van der Waals surface area contributed by atoms with Gasteiger partial charge in [-0.2, -0.15) is 0 Å². The molecule has 0 spiro atoms. The van der Waals surface area contributed by atoms with Gasteiger partial charge in [0, 0.05) is 67.5 Å². The van der Waals surface area contributed by atoms with Gasteiger partial charge in [0.25, 0.3) is 0 Å². The Kier molecular flexibility index (Phi) is 5.82. The molecule has 8 nitrogen and oxygen atoms in total. The lowest BCUT2D eigenvalue weighted by Crippen LogP contribution is -2.55. The predicted molar refractivity (Wildman–Crippen MR) is 105 cm³/mol. The number of carbonyl (C=O) groups excluding carboxylic acids is 1. The number of nitrogens with zero attached hydrogens (tertiary/aromatic N) is 3. The summed E-state index contributed by atoms with van der Waals surface area (Å²) in [5.41, 5.74) is 7.48. The van der Waals surface area contributed by atoms with E-state index < -0.39 is 6.04 Å². The Morgan fingerprint density at radius 1 is 1.21 bits per heavy atom. The van der Waals surface area contributed by atoms with Crippen LogP contribution in [0.5, 0.6) is 0 Å². The average Bonchev–Trinajstić information content (AvgIpc) is 3.11. The number of halogens is 1. The van der Waals surface area contributed by atoms with Crippen LogP contribution in [0.1, 0.15) is 24.8 Å². The molecule has 2 saturated heterocycles. The second kappa shape index (κ2) is 8.32. The first-order chi connectivity index (χ1) is 13.5. The first-order valence-electron chi connectivity index (χ1n) is 9.91. The van der Waals surface area contributed by atoms with Crippen molar-refractivity contribution in [2.24, 2.45) is 5.92 Å². The standard InChI is InChI=1S/C19H26ClN5O3/c20-14-3-1-2-13(10-14)12-23-6-8-24(9-7-23)19(26)18-16-11-15(25(27)28)4-5-17(16)21-22-18/h1-3,10,15-18,21-22H,4-9,11-12H2. The van der Waals surface area contributed by atoms with Crippen molar-refractivity contribution in [1.29, 1.82) is 0 Å². The second-order valence-electron chi connectivity index (χ2n) is 8.02. The van der Waals surface area contributed by atoms with Gasteiger partial charge in [0.15, 0.2) is 0 Å². The van der Waals surface area contributed by atoms with Crippen LogP contribution in [0, 0.1) is 16.0 Å². The van der Waals surface area contributed by atoms with Crippen LogP contribution < -0.4 is 10.9 Å². The van der Waals surface area contributed by atoms with E-state index in [1.54, 1.807) is 0 Å². The van der Waals surface area contributed by atoms with Crippen molar-refractivity contribution in [2.75, 3.05) is 26.2 Å². The first-order valence-corrected chi connectivity index (χ1v) is 10.3. The van der Waals surface area contributed by atoms with Gasteiger partial charge in [0.1, 0.15) is 6.04 Å². The van der Waals surface area contributed by atoms with Crippen LogP contribution >= 0.6 is 11.6 Å². The summed E-state index contributed by atoms with van der Waals surface area (Å²) in [4.78, 5) is 28.3. The van der Waals surface area contributed by atoms with Gasteiger partial charge in [-0.25, -0.2) is 5.43 Å². The van der Waals surface area contributed by atoms with Gasteiger partial charge in [0.2, 0.25) is 11.9 Å². The molecule has 4 unspecified atom stereocenters. The van der Waals surface area contributed by atoms with E-state index in [0.29, 0.717) is 25.9 Å². The van der Waals surface area contributed by atoms with Gasteiger partial charge in [-0.15, -0.1) is 0 Å². The summed E-state index contributed by atoms with van der Waals surface area (Å²) >= 11 is 6.06. The van der Waals surface area contributed by atoms with Gasteiger partial charge in [-0.05, 0) is 24.1 Å². The molecule has 2 aliphatic heterocycles. The maximum atomic E-state index is 13.1. The Balaban J connectivity index is 1.32. The number of benzene rings is 1. The fourth-order valence-electron chi connectivity index (χ4n) is 4.69. The molecule has 1 aromatic rings. The van der Waals surface area contributed by atoms with E-state index in [-0.39, 0.29) is 28.8 Å². The second-order valence-corrected chi connectivity index (χ2v) is 8.46. The van der Waals surface area contributed by atoms with Crippen molar-refractivity contribution in [3.63, 3.8) is 0 Å². The van der Waals surface area contributed by atoms with Crippen molar-refractivity contribution in [2.45, 2.75) is 43.9 Å². The Morgan fingerprint density at radius 2 is 2.00 bits per heavy atom. The summed E-state index contributed by atoms with van der Waals surface area (Å²) in [6, 6.07) is 7.10. The van der Waals surface area contributed by atoms with E-state index in [2.05, 4.69) is 21.8 Å². The number of piperazine rings is 1. The van der Waals surface area contributed by atoms with Crippen molar-refractivity contribution in [3.8, 4) is 0 Å². The molecule has 0 radical (unpaired) electrons. The number of nitrogens with one attached hydrogen (secondary N) is 2. The van der Waals surface area contributed by atoms with Gasteiger partial charge < -0.3 is 4.90 Å². The number of nitro groups is 1. The largest absolute Gasteiger partial charge is 0.339 e. The molecule has 1 amide bonds. The molecule has 0 aromatic heterocycles. The number of hydrogen-bond donors (Lipinski definition) is 2. The summed E-state index contributed by atoms with van der Waals surface area (Å²) < 4.78 is 0. The highest BCUT2D eigenvalue weighted by Gasteiger charge is 2.47. The van der Waals surface area contributed by atoms with Crippen molar-refractivity contribution >= 4 is 17.5 Å². The highest BCUT2D eigenvalue weighted by Crippen LogP contribution is 2.32. The number of hydrogen-bond acceptors (Lipinski definition) is 6. The summed E-state index contributed by atoms with van der Waals surface area (Å²) in [6.45, 7) is 3.79. The number of amides is 1. The zero-order chi connectivity index (χ0) is 19.7. The SMILES string of the molecule is O=C(C1NNC2CCC([N+](=O)[O-])CC21)N1CCN(Cc2cccc(Cl)c2)CC1. The minimum absolute atomic E-state index is 0.0128. The Hall–Kier alpha value is -1.74. The molecule has 2 N–H and O–H groups in total. The third-order valence-electron chi connectivity index (χ3n) is 6.27.